The Morgan fingerprint density at radius 2 is 1.80 bits per heavy atom. The minimum atomic E-state index is -0.543. The van der Waals surface area contributed by atoms with E-state index in [0.717, 1.165) is 0 Å². The lowest BCUT2D eigenvalue weighted by atomic mass is 9.80. The Kier molecular flexibility index (Phi) is 3.23. The fraction of sp³-hybridized carbons (Fsp3) is 0.235. The van der Waals surface area contributed by atoms with Crippen molar-refractivity contribution in [1.82, 2.24) is 0 Å². The van der Waals surface area contributed by atoms with E-state index >= 15 is 0 Å². The van der Waals surface area contributed by atoms with Gasteiger partial charge in [-0.15, -0.1) is 0 Å². The van der Waals surface area contributed by atoms with E-state index in [1.807, 2.05) is 24.3 Å². The number of hydrogen-bond acceptors (Lipinski definition) is 1. The summed E-state index contributed by atoms with van der Waals surface area (Å²) in [5, 5.41) is 9.98. The van der Waals surface area contributed by atoms with Crippen molar-refractivity contribution < 1.29 is 4.39 Å². The van der Waals surface area contributed by atoms with Gasteiger partial charge in [-0.05, 0) is 48.1 Å². The van der Waals surface area contributed by atoms with Gasteiger partial charge in [-0.1, -0.05) is 41.9 Å². The highest BCUT2D eigenvalue weighted by Crippen LogP contribution is 2.39. The van der Waals surface area contributed by atoms with Gasteiger partial charge >= 0.3 is 0 Å². The van der Waals surface area contributed by atoms with Crippen LogP contribution in [0.2, 0.25) is 5.02 Å². The van der Waals surface area contributed by atoms with Crippen molar-refractivity contribution >= 4 is 11.6 Å². The summed E-state index contributed by atoms with van der Waals surface area (Å²) in [5.41, 5.74) is 2.41. The molecule has 3 heteroatoms. The van der Waals surface area contributed by atoms with Gasteiger partial charge in [0.15, 0.2) is 0 Å². The molecule has 0 fully saturated rings. The molecule has 1 nitrogen and oxygen atoms in total. The van der Waals surface area contributed by atoms with Gasteiger partial charge in [-0.2, -0.15) is 5.26 Å². The minimum absolute atomic E-state index is 0.330. The minimum Gasteiger partial charge on any atom is -0.207 e. The highest BCUT2D eigenvalue weighted by atomic mass is 35.5. The van der Waals surface area contributed by atoms with Crippen LogP contribution in [0.3, 0.4) is 0 Å². The standard InChI is InChI=1S/C17H13ClFN/c18-15-6-5-14(16(19)7-15)10-17(11-20)8-12-3-1-2-4-13(12)9-17/h1-7H,8-10H2. The Morgan fingerprint density at radius 3 is 2.35 bits per heavy atom. The van der Waals surface area contributed by atoms with Gasteiger partial charge in [0.25, 0.3) is 0 Å². The zero-order valence-corrected chi connectivity index (χ0v) is 11.6. The number of rotatable bonds is 2. The topological polar surface area (TPSA) is 23.8 Å². The lowest BCUT2D eigenvalue weighted by molar-refractivity contribution is 0.409. The van der Waals surface area contributed by atoms with E-state index in [4.69, 9.17) is 11.6 Å². The van der Waals surface area contributed by atoms with Gasteiger partial charge in [0, 0.05) is 5.02 Å². The van der Waals surface area contributed by atoms with Crippen molar-refractivity contribution in [2.45, 2.75) is 19.3 Å². The first-order valence-corrected chi connectivity index (χ1v) is 6.92. The monoisotopic (exact) mass is 285 g/mol. The molecule has 100 valence electrons. The molecular formula is C17H13ClFN. The molecule has 0 bridgehead atoms. The number of benzene rings is 2. The Labute approximate surface area is 122 Å². The number of hydrogen-bond donors (Lipinski definition) is 0. The van der Waals surface area contributed by atoms with Gasteiger partial charge in [-0.25, -0.2) is 4.39 Å². The molecule has 2 aromatic rings. The number of fused-ring (bicyclic) bond motifs is 1. The molecule has 1 aliphatic rings. The molecule has 0 spiro atoms. The molecular weight excluding hydrogens is 273 g/mol. The van der Waals surface area contributed by atoms with Crippen LogP contribution in [0.15, 0.2) is 42.5 Å². The summed E-state index contributed by atoms with van der Waals surface area (Å²) in [6.07, 6.45) is 1.78. The van der Waals surface area contributed by atoms with Crippen LogP contribution >= 0.6 is 11.6 Å². The first-order valence-electron chi connectivity index (χ1n) is 6.54. The van der Waals surface area contributed by atoms with Gasteiger partial charge in [0.05, 0.1) is 11.5 Å². The molecule has 0 atom stereocenters. The number of nitrogens with zero attached hydrogens (tertiary/aromatic N) is 1. The zero-order valence-electron chi connectivity index (χ0n) is 10.9. The molecule has 3 rings (SSSR count). The summed E-state index contributed by atoms with van der Waals surface area (Å²) in [5.74, 6) is -0.330. The quantitative estimate of drug-likeness (QED) is 0.806. The van der Waals surface area contributed by atoms with Gasteiger partial charge in [0.1, 0.15) is 5.82 Å². The largest absolute Gasteiger partial charge is 0.207 e. The summed E-state index contributed by atoms with van der Waals surface area (Å²) in [7, 11) is 0. The Hall–Kier alpha value is -1.85. The van der Waals surface area contributed by atoms with E-state index in [1.165, 1.54) is 17.2 Å². The number of halogens is 2. The van der Waals surface area contributed by atoms with Crippen molar-refractivity contribution in [2.75, 3.05) is 0 Å². The van der Waals surface area contributed by atoms with E-state index in [-0.39, 0.29) is 5.82 Å². The molecule has 0 N–H and O–H groups in total. The summed E-state index contributed by atoms with van der Waals surface area (Å²) in [4.78, 5) is 0. The van der Waals surface area contributed by atoms with Crippen LogP contribution in [0, 0.1) is 22.6 Å². The molecule has 0 amide bonds. The molecule has 20 heavy (non-hydrogen) atoms. The van der Waals surface area contributed by atoms with Crippen LogP contribution in [0.5, 0.6) is 0 Å². The summed E-state index contributed by atoms with van der Waals surface area (Å²) in [6, 6.07) is 15.1. The predicted octanol–water partition coefficient (Wildman–Crippen LogP) is 4.33. The van der Waals surface area contributed by atoms with Crippen LogP contribution in [-0.4, -0.2) is 0 Å². The first kappa shape index (κ1) is 13.1. The lowest BCUT2D eigenvalue weighted by Crippen LogP contribution is -2.22. The normalized spacial score (nSPS) is 15.7. The van der Waals surface area contributed by atoms with Crippen LogP contribution in [-0.2, 0) is 19.3 Å². The SMILES string of the molecule is N#CC1(Cc2ccc(Cl)cc2F)Cc2ccccc2C1. The molecule has 0 aromatic heterocycles. The third-order valence-electron chi connectivity index (χ3n) is 3.96. The molecule has 0 radical (unpaired) electrons. The summed E-state index contributed by atoms with van der Waals surface area (Å²) < 4.78 is 13.9. The molecule has 2 aromatic carbocycles. The van der Waals surface area contributed by atoms with Gasteiger partial charge in [-0.3, -0.25) is 0 Å². The van der Waals surface area contributed by atoms with E-state index in [9.17, 15) is 9.65 Å². The lowest BCUT2D eigenvalue weighted by Gasteiger charge is -2.20. The zero-order chi connectivity index (χ0) is 14.2. The van der Waals surface area contributed by atoms with Crippen LogP contribution in [0.4, 0.5) is 4.39 Å². The van der Waals surface area contributed by atoms with Crippen molar-refractivity contribution in [1.29, 1.82) is 5.26 Å². The second-order valence-corrected chi connectivity index (χ2v) is 5.86. The smallest absolute Gasteiger partial charge is 0.127 e. The van der Waals surface area contributed by atoms with Crippen molar-refractivity contribution in [2.24, 2.45) is 5.41 Å². The second-order valence-electron chi connectivity index (χ2n) is 5.43. The summed E-state index contributed by atoms with van der Waals surface area (Å²) >= 11 is 5.77. The highest BCUT2D eigenvalue weighted by molar-refractivity contribution is 6.30. The van der Waals surface area contributed by atoms with E-state index in [0.29, 0.717) is 29.8 Å². The molecule has 1 aliphatic carbocycles. The fourth-order valence-corrected chi connectivity index (χ4v) is 3.13. The van der Waals surface area contributed by atoms with Gasteiger partial charge < -0.3 is 0 Å². The maximum absolute atomic E-state index is 13.9. The van der Waals surface area contributed by atoms with E-state index in [1.54, 1.807) is 12.1 Å². The average molecular weight is 286 g/mol. The van der Waals surface area contributed by atoms with E-state index in [2.05, 4.69) is 6.07 Å². The second kappa shape index (κ2) is 4.92. The third kappa shape index (κ3) is 2.30. The third-order valence-corrected chi connectivity index (χ3v) is 4.19. The highest BCUT2D eigenvalue weighted by Gasteiger charge is 2.38. The van der Waals surface area contributed by atoms with Gasteiger partial charge in [0.2, 0.25) is 0 Å². The first-order chi connectivity index (χ1) is 9.62. The Morgan fingerprint density at radius 1 is 1.15 bits per heavy atom. The summed E-state index contributed by atoms with van der Waals surface area (Å²) in [6.45, 7) is 0. The fourth-order valence-electron chi connectivity index (χ4n) is 2.97. The average Bonchev–Trinajstić information content (AvgIpc) is 2.81. The van der Waals surface area contributed by atoms with Crippen LogP contribution in [0.1, 0.15) is 16.7 Å². The maximum atomic E-state index is 13.9. The Bertz CT molecular complexity index is 677. The molecule has 0 aliphatic heterocycles. The van der Waals surface area contributed by atoms with Crippen LogP contribution in [0.25, 0.3) is 0 Å². The number of nitriles is 1. The van der Waals surface area contributed by atoms with Crippen molar-refractivity contribution in [3.8, 4) is 6.07 Å². The Balaban J connectivity index is 1.92. The maximum Gasteiger partial charge on any atom is 0.127 e. The van der Waals surface area contributed by atoms with Crippen molar-refractivity contribution in [3.05, 3.63) is 70.0 Å². The molecule has 0 saturated heterocycles. The molecule has 0 heterocycles. The molecule has 0 unspecified atom stereocenters. The van der Waals surface area contributed by atoms with Crippen LogP contribution < -0.4 is 0 Å². The van der Waals surface area contributed by atoms with Crippen molar-refractivity contribution in [3.63, 3.8) is 0 Å². The molecule has 0 saturated carbocycles. The van der Waals surface area contributed by atoms with E-state index < -0.39 is 5.41 Å². The predicted molar refractivity (Wildman–Crippen MR) is 77.0 cm³/mol.